The highest BCUT2D eigenvalue weighted by Gasteiger charge is 2.15. The van der Waals surface area contributed by atoms with Crippen molar-refractivity contribution in [3.63, 3.8) is 0 Å². The zero-order chi connectivity index (χ0) is 14.5. The molecule has 0 atom stereocenters. The van der Waals surface area contributed by atoms with Gasteiger partial charge in [-0.1, -0.05) is 20.8 Å². The van der Waals surface area contributed by atoms with E-state index in [1.807, 2.05) is 12.1 Å². The minimum absolute atomic E-state index is 0.604. The van der Waals surface area contributed by atoms with Crippen LogP contribution in [0.15, 0.2) is 22.6 Å². The van der Waals surface area contributed by atoms with Gasteiger partial charge in [-0.25, -0.2) is 0 Å². The van der Waals surface area contributed by atoms with Gasteiger partial charge in [0.15, 0.2) is 0 Å². The molecule has 0 aliphatic heterocycles. The first kappa shape index (κ1) is 14.9. The van der Waals surface area contributed by atoms with Crippen LogP contribution >= 0.6 is 0 Å². The van der Waals surface area contributed by atoms with Gasteiger partial charge < -0.3 is 14.5 Å². The highest BCUT2D eigenvalue weighted by molar-refractivity contribution is 5.83. The summed E-state index contributed by atoms with van der Waals surface area (Å²) < 4.78 is 11.4. The number of rotatable bonds is 7. The SMILES string of the molecule is CCCNCc1oc2ccc(OC)cc2c1CC(C)C. The van der Waals surface area contributed by atoms with Crippen molar-refractivity contribution in [3.05, 3.63) is 29.5 Å². The Morgan fingerprint density at radius 1 is 1.30 bits per heavy atom. The van der Waals surface area contributed by atoms with E-state index in [4.69, 9.17) is 9.15 Å². The fraction of sp³-hybridized carbons (Fsp3) is 0.529. The second-order valence-electron chi connectivity index (χ2n) is 5.64. The van der Waals surface area contributed by atoms with Crippen LogP contribution in [0.5, 0.6) is 5.75 Å². The van der Waals surface area contributed by atoms with Crippen LogP contribution in [0.2, 0.25) is 0 Å². The van der Waals surface area contributed by atoms with Crippen molar-refractivity contribution in [2.24, 2.45) is 5.92 Å². The largest absolute Gasteiger partial charge is 0.497 e. The van der Waals surface area contributed by atoms with Crippen molar-refractivity contribution in [3.8, 4) is 5.75 Å². The molecule has 0 saturated carbocycles. The molecule has 1 aromatic carbocycles. The molecule has 0 radical (unpaired) electrons. The summed E-state index contributed by atoms with van der Waals surface area (Å²) in [6, 6.07) is 6.04. The number of ether oxygens (including phenoxy) is 1. The van der Waals surface area contributed by atoms with Crippen LogP contribution in [0.3, 0.4) is 0 Å². The first-order valence-corrected chi connectivity index (χ1v) is 7.44. The van der Waals surface area contributed by atoms with Gasteiger partial charge in [0.25, 0.3) is 0 Å². The maximum absolute atomic E-state index is 6.03. The number of hydrogen-bond acceptors (Lipinski definition) is 3. The van der Waals surface area contributed by atoms with Gasteiger partial charge in [-0.3, -0.25) is 0 Å². The van der Waals surface area contributed by atoms with Gasteiger partial charge in [-0.2, -0.15) is 0 Å². The quantitative estimate of drug-likeness (QED) is 0.771. The van der Waals surface area contributed by atoms with Gasteiger partial charge in [0, 0.05) is 10.9 Å². The topological polar surface area (TPSA) is 34.4 Å². The molecule has 1 aromatic heterocycles. The van der Waals surface area contributed by atoms with Gasteiger partial charge in [0.1, 0.15) is 17.1 Å². The summed E-state index contributed by atoms with van der Waals surface area (Å²) in [7, 11) is 1.70. The number of furan rings is 1. The van der Waals surface area contributed by atoms with Crippen molar-refractivity contribution >= 4 is 11.0 Å². The van der Waals surface area contributed by atoms with Crippen molar-refractivity contribution in [1.29, 1.82) is 0 Å². The van der Waals surface area contributed by atoms with Gasteiger partial charge in [-0.15, -0.1) is 0 Å². The molecule has 1 heterocycles. The van der Waals surface area contributed by atoms with Crippen LogP contribution in [0.25, 0.3) is 11.0 Å². The molecule has 0 fully saturated rings. The van der Waals surface area contributed by atoms with E-state index in [1.165, 1.54) is 10.9 Å². The lowest BCUT2D eigenvalue weighted by Gasteiger charge is -2.07. The lowest BCUT2D eigenvalue weighted by Crippen LogP contribution is -2.14. The van der Waals surface area contributed by atoms with E-state index in [1.54, 1.807) is 7.11 Å². The standard InChI is InChI=1S/C17H25NO2/c1-5-8-18-11-17-14(9-12(2)3)15-10-13(19-4)6-7-16(15)20-17/h6-7,10,12,18H,5,8-9,11H2,1-4H3. The average molecular weight is 275 g/mol. The van der Waals surface area contributed by atoms with E-state index >= 15 is 0 Å². The molecule has 0 saturated heterocycles. The monoisotopic (exact) mass is 275 g/mol. The predicted molar refractivity (Wildman–Crippen MR) is 83.3 cm³/mol. The fourth-order valence-electron chi connectivity index (χ4n) is 2.46. The summed E-state index contributed by atoms with van der Waals surface area (Å²) in [6.45, 7) is 8.46. The molecule has 0 amide bonds. The summed E-state index contributed by atoms with van der Waals surface area (Å²) in [4.78, 5) is 0. The smallest absolute Gasteiger partial charge is 0.134 e. The predicted octanol–water partition coefficient (Wildman–Crippen LogP) is 4.14. The van der Waals surface area contributed by atoms with Crippen LogP contribution in [-0.4, -0.2) is 13.7 Å². The molecule has 110 valence electrons. The normalized spacial score (nSPS) is 11.4. The number of methoxy groups -OCH3 is 1. The Morgan fingerprint density at radius 3 is 2.75 bits per heavy atom. The third kappa shape index (κ3) is 3.34. The number of fused-ring (bicyclic) bond motifs is 1. The fourth-order valence-corrected chi connectivity index (χ4v) is 2.46. The second kappa shape index (κ2) is 6.80. The van der Waals surface area contributed by atoms with Crippen LogP contribution in [0.4, 0.5) is 0 Å². The van der Waals surface area contributed by atoms with Crippen molar-refractivity contribution in [1.82, 2.24) is 5.32 Å². The maximum atomic E-state index is 6.03. The van der Waals surface area contributed by atoms with Gasteiger partial charge in [0.2, 0.25) is 0 Å². The molecular formula is C17H25NO2. The zero-order valence-electron chi connectivity index (χ0n) is 13.0. The third-order valence-corrected chi connectivity index (χ3v) is 3.41. The molecule has 3 heteroatoms. The minimum atomic E-state index is 0.604. The highest BCUT2D eigenvalue weighted by atomic mass is 16.5. The summed E-state index contributed by atoms with van der Waals surface area (Å²) in [5.74, 6) is 2.55. The number of benzene rings is 1. The Labute approximate surface area is 121 Å². The van der Waals surface area contributed by atoms with E-state index in [9.17, 15) is 0 Å². The molecular weight excluding hydrogens is 250 g/mol. The van der Waals surface area contributed by atoms with Crippen molar-refractivity contribution < 1.29 is 9.15 Å². The van der Waals surface area contributed by atoms with E-state index < -0.39 is 0 Å². The van der Waals surface area contributed by atoms with Crippen LogP contribution in [0, 0.1) is 5.92 Å². The Kier molecular flexibility index (Phi) is 5.07. The van der Waals surface area contributed by atoms with Gasteiger partial charge >= 0.3 is 0 Å². The Bertz CT molecular complexity index is 557. The van der Waals surface area contributed by atoms with Gasteiger partial charge in [0.05, 0.1) is 13.7 Å². The number of nitrogens with one attached hydrogen (secondary N) is 1. The second-order valence-corrected chi connectivity index (χ2v) is 5.64. The molecule has 0 spiro atoms. The van der Waals surface area contributed by atoms with E-state index in [0.717, 1.165) is 43.0 Å². The molecule has 0 aliphatic carbocycles. The third-order valence-electron chi connectivity index (χ3n) is 3.41. The van der Waals surface area contributed by atoms with E-state index in [2.05, 4.69) is 32.2 Å². The van der Waals surface area contributed by atoms with Crippen LogP contribution in [-0.2, 0) is 13.0 Å². The average Bonchev–Trinajstić information content (AvgIpc) is 2.76. The molecule has 0 unspecified atom stereocenters. The molecule has 3 nitrogen and oxygen atoms in total. The Balaban J connectivity index is 2.38. The highest BCUT2D eigenvalue weighted by Crippen LogP contribution is 2.31. The summed E-state index contributed by atoms with van der Waals surface area (Å²) in [6.07, 6.45) is 2.16. The molecule has 20 heavy (non-hydrogen) atoms. The minimum Gasteiger partial charge on any atom is -0.497 e. The van der Waals surface area contributed by atoms with Crippen molar-refractivity contribution in [2.45, 2.75) is 40.2 Å². The Morgan fingerprint density at radius 2 is 2.10 bits per heavy atom. The molecule has 1 N–H and O–H groups in total. The summed E-state index contributed by atoms with van der Waals surface area (Å²) >= 11 is 0. The molecule has 2 aromatic rings. The first-order chi connectivity index (χ1) is 9.65. The summed E-state index contributed by atoms with van der Waals surface area (Å²) in [5.41, 5.74) is 2.27. The lowest BCUT2D eigenvalue weighted by atomic mass is 9.99. The lowest BCUT2D eigenvalue weighted by molar-refractivity contribution is 0.415. The van der Waals surface area contributed by atoms with E-state index in [-0.39, 0.29) is 0 Å². The molecule has 0 aliphatic rings. The van der Waals surface area contributed by atoms with Crippen LogP contribution in [0.1, 0.15) is 38.5 Å². The van der Waals surface area contributed by atoms with Crippen molar-refractivity contribution in [2.75, 3.05) is 13.7 Å². The number of hydrogen-bond donors (Lipinski definition) is 1. The van der Waals surface area contributed by atoms with Crippen LogP contribution < -0.4 is 10.1 Å². The maximum Gasteiger partial charge on any atom is 0.134 e. The van der Waals surface area contributed by atoms with E-state index in [0.29, 0.717) is 5.92 Å². The first-order valence-electron chi connectivity index (χ1n) is 7.44. The molecule has 2 rings (SSSR count). The molecule has 0 bridgehead atoms. The van der Waals surface area contributed by atoms with Gasteiger partial charge in [-0.05, 0) is 43.5 Å². The zero-order valence-corrected chi connectivity index (χ0v) is 13.0. The summed E-state index contributed by atoms with van der Waals surface area (Å²) in [5, 5.41) is 4.62. The Hall–Kier alpha value is -1.48.